The molecule has 0 spiro atoms. The number of carbonyl (C=O) groups is 1. The predicted molar refractivity (Wildman–Crippen MR) is 143 cm³/mol. The molecular formula is C26H30FN11O. The fourth-order valence-electron chi connectivity index (χ4n) is 5.32. The highest BCUT2D eigenvalue weighted by atomic mass is 19.1. The molecule has 0 saturated carbocycles. The maximum absolute atomic E-state index is 13.3. The normalized spacial score (nSPS) is 19.3. The Bertz CT molecular complexity index is 1470. The van der Waals surface area contributed by atoms with Crippen LogP contribution < -0.4 is 15.5 Å². The third-order valence-electron chi connectivity index (χ3n) is 7.20. The van der Waals surface area contributed by atoms with Gasteiger partial charge in [0.25, 0.3) is 0 Å². The van der Waals surface area contributed by atoms with Crippen LogP contribution in [-0.4, -0.2) is 71.0 Å². The molecule has 39 heavy (non-hydrogen) atoms. The number of anilines is 3. The smallest absolute Gasteiger partial charge is 0.318 e. The average Bonchev–Trinajstić information content (AvgIpc) is 3.60. The lowest BCUT2D eigenvalue weighted by atomic mass is 10.1. The standard InChI is InChI=1S/C26H30FN11O/c1-15-8-22(32-23-9-16(2)34-35-23)33-25(30-15)38-20-5-6-21(38)14-36(13-20)26(39)31-17(3)18-4-7-24(28-10-18)37-12-19(27)11-29-37/h4,7-12,17,20-21H,5-6,13-14H2,1-3H3,(H,31,39)(H2,30,32,33,34,35)/t17-,20?,21?/m0/s1. The van der Waals surface area contributed by atoms with Crippen molar-refractivity contribution < 1.29 is 9.18 Å². The first-order valence-corrected chi connectivity index (χ1v) is 13.0. The summed E-state index contributed by atoms with van der Waals surface area (Å²) in [7, 11) is 0. The van der Waals surface area contributed by atoms with Gasteiger partial charge in [-0.05, 0) is 45.2 Å². The van der Waals surface area contributed by atoms with E-state index in [2.05, 4.69) is 35.8 Å². The molecule has 2 aliphatic heterocycles. The highest BCUT2D eigenvalue weighted by Crippen LogP contribution is 2.34. The number of rotatable bonds is 6. The van der Waals surface area contributed by atoms with Crippen molar-refractivity contribution in [3.8, 4) is 5.82 Å². The van der Waals surface area contributed by atoms with Crippen molar-refractivity contribution in [3.63, 3.8) is 0 Å². The van der Waals surface area contributed by atoms with Crippen LogP contribution in [0.15, 0.2) is 42.9 Å². The molecule has 2 unspecified atom stereocenters. The summed E-state index contributed by atoms with van der Waals surface area (Å²) >= 11 is 0. The van der Waals surface area contributed by atoms with Crippen LogP contribution in [0.2, 0.25) is 0 Å². The quantitative estimate of drug-likeness (QED) is 0.345. The number of piperazine rings is 1. The summed E-state index contributed by atoms with van der Waals surface area (Å²) < 4.78 is 14.6. The molecule has 2 bridgehead atoms. The van der Waals surface area contributed by atoms with E-state index in [-0.39, 0.29) is 24.2 Å². The zero-order chi connectivity index (χ0) is 27.1. The van der Waals surface area contributed by atoms with Crippen LogP contribution in [0.5, 0.6) is 0 Å². The molecule has 2 fully saturated rings. The Hall–Kier alpha value is -4.55. The number of hydrogen-bond donors (Lipinski definition) is 3. The molecule has 4 aromatic rings. The lowest BCUT2D eigenvalue weighted by Crippen LogP contribution is -2.58. The van der Waals surface area contributed by atoms with Crippen LogP contribution in [-0.2, 0) is 0 Å². The second-order valence-corrected chi connectivity index (χ2v) is 10.2. The summed E-state index contributed by atoms with van der Waals surface area (Å²) in [6, 6.07) is 7.35. The summed E-state index contributed by atoms with van der Waals surface area (Å²) in [4.78, 5) is 31.2. The van der Waals surface area contributed by atoms with Crippen molar-refractivity contribution in [1.29, 1.82) is 0 Å². The van der Waals surface area contributed by atoms with Crippen LogP contribution >= 0.6 is 0 Å². The van der Waals surface area contributed by atoms with E-state index in [0.29, 0.717) is 36.5 Å². The third-order valence-corrected chi connectivity index (χ3v) is 7.20. The topological polar surface area (TPSA) is 133 Å². The molecule has 3 N–H and O–H groups in total. The molecule has 6 heterocycles. The van der Waals surface area contributed by atoms with Crippen molar-refractivity contribution in [1.82, 2.24) is 45.1 Å². The number of amides is 2. The Morgan fingerprint density at radius 2 is 1.90 bits per heavy atom. The maximum atomic E-state index is 13.3. The van der Waals surface area contributed by atoms with Gasteiger partial charge in [0.2, 0.25) is 5.95 Å². The molecule has 2 saturated heterocycles. The molecule has 202 valence electrons. The van der Waals surface area contributed by atoms with Gasteiger partial charge in [0.05, 0.1) is 30.5 Å². The van der Waals surface area contributed by atoms with Gasteiger partial charge < -0.3 is 20.4 Å². The number of aromatic amines is 1. The molecule has 0 aliphatic carbocycles. The Morgan fingerprint density at radius 3 is 2.54 bits per heavy atom. The van der Waals surface area contributed by atoms with Gasteiger partial charge in [-0.1, -0.05) is 6.07 Å². The Morgan fingerprint density at radius 1 is 1.10 bits per heavy atom. The van der Waals surface area contributed by atoms with E-state index < -0.39 is 5.82 Å². The largest absolute Gasteiger partial charge is 0.331 e. The molecule has 12 nitrogen and oxygen atoms in total. The first kappa shape index (κ1) is 24.8. The number of pyridine rings is 1. The molecule has 13 heteroatoms. The van der Waals surface area contributed by atoms with Crippen LogP contribution in [0.25, 0.3) is 5.82 Å². The van der Waals surface area contributed by atoms with E-state index in [1.54, 1.807) is 12.3 Å². The van der Waals surface area contributed by atoms with E-state index in [1.807, 2.05) is 43.9 Å². The molecule has 6 rings (SSSR count). The van der Waals surface area contributed by atoms with Gasteiger partial charge in [0, 0.05) is 42.8 Å². The predicted octanol–water partition coefficient (Wildman–Crippen LogP) is 3.40. The number of aryl methyl sites for hydroxylation is 2. The number of hydrogen-bond acceptors (Lipinski definition) is 8. The number of likely N-dealkylation sites (tertiary alicyclic amines) is 1. The molecule has 3 atom stereocenters. The SMILES string of the molecule is Cc1cc(Nc2cc(C)[nH]n2)nc(N2C3CCC2CN(C(=O)N[C@@H](C)c2ccc(-n4cc(F)cn4)nc2)C3)n1. The van der Waals surface area contributed by atoms with Gasteiger partial charge in [-0.2, -0.15) is 15.2 Å². The average molecular weight is 532 g/mol. The van der Waals surface area contributed by atoms with E-state index in [9.17, 15) is 9.18 Å². The number of carbonyl (C=O) groups excluding carboxylic acids is 1. The van der Waals surface area contributed by atoms with E-state index in [0.717, 1.165) is 36.0 Å². The molecule has 2 aliphatic rings. The number of halogens is 1. The highest BCUT2D eigenvalue weighted by molar-refractivity contribution is 5.75. The van der Waals surface area contributed by atoms with Crippen molar-refractivity contribution in [3.05, 3.63) is 65.6 Å². The number of aromatic nitrogens is 7. The highest BCUT2D eigenvalue weighted by Gasteiger charge is 2.43. The molecular weight excluding hydrogens is 501 g/mol. The minimum Gasteiger partial charge on any atom is -0.331 e. The Kier molecular flexibility index (Phi) is 6.33. The van der Waals surface area contributed by atoms with Gasteiger partial charge in [-0.3, -0.25) is 5.10 Å². The van der Waals surface area contributed by atoms with E-state index in [1.165, 1.54) is 10.9 Å². The second-order valence-electron chi connectivity index (χ2n) is 10.2. The van der Waals surface area contributed by atoms with Crippen molar-refractivity contribution >= 4 is 23.6 Å². The van der Waals surface area contributed by atoms with Gasteiger partial charge in [-0.25, -0.2) is 23.8 Å². The summed E-state index contributed by atoms with van der Waals surface area (Å²) in [6.45, 7) is 7.00. The van der Waals surface area contributed by atoms with Crippen LogP contribution in [0.1, 0.15) is 42.8 Å². The van der Waals surface area contributed by atoms with Crippen LogP contribution in [0, 0.1) is 19.7 Å². The Labute approximate surface area is 224 Å². The molecule has 2 amide bonds. The lowest BCUT2D eigenvalue weighted by molar-refractivity contribution is 0.180. The van der Waals surface area contributed by atoms with Gasteiger partial charge >= 0.3 is 6.03 Å². The van der Waals surface area contributed by atoms with Gasteiger partial charge in [0.15, 0.2) is 17.5 Å². The number of nitrogens with zero attached hydrogens (tertiary/aromatic N) is 8. The van der Waals surface area contributed by atoms with Crippen molar-refractivity contribution in [2.75, 3.05) is 23.3 Å². The van der Waals surface area contributed by atoms with E-state index in [4.69, 9.17) is 9.97 Å². The zero-order valence-corrected chi connectivity index (χ0v) is 22.0. The fraction of sp³-hybridized carbons (Fsp3) is 0.385. The summed E-state index contributed by atoms with van der Waals surface area (Å²) in [6.07, 6.45) is 6.02. The molecule has 0 radical (unpaired) electrons. The van der Waals surface area contributed by atoms with E-state index >= 15 is 0 Å². The zero-order valence-electron chi connectivity index (χ0n) is 22.0. The number of nitrogens with one attached hydrogen (secondary N) is 3. The monoisotopic (exact) mass is 531 g/mol. The second kappa shape index (κ2) is 9.97. The Balaban J connectivity index is 1.10. The minimum atomic E-state index is -0.425. The number of fused-ring (bicyclic) bond motifs is 2. The lowest BCUT2D eigenvalue weighted by Gasteiger charge is -2.41. The van der Waals surface area contributed by atoms with Gasteiger partial charge in [0.1, 0.15) is 5.82 Å². The summed E-state index contributed by atoms with van der Waals surface area (Å²) in [5, 5.41) is 17.4. The maximum Gasteiger partial charge on any atom is 0.318 e. The fourth-order valence-corrected chi connectivity index (χ4v) is 5.32. The van der Waals surface area contributed by atoms with Crippen LogP contribution in [0.4, 0.5) is 26.8 Å². The van der Waals surface area contributed by atoms with Crippen molar-refractivity contribution in [2.45, 2.75) is 51.7 Å². The summed E-state index contributed by atoms with van der Waals surface area (Å²) in [5.74, 6) is 2.15. The third kappa shape index (κ3) is 5.11. The molecule has 0 aromatic carbocycles. The number of H-pyrrole nitrogens is 1. The summed E-state index contributed by atoms with van der Waals surface area (Å²) in [5.41, 5.74) is 2.67. The minimum absolute atomic E-state index is 0.112. The first-order chi connectivity index (χ1) is 18.8. The first-order valence-electron chi connectivity index (χ1n) is 13.0. The van der Waals surface area contributed by atoms with Crippen LogP contribution in [0.3, 0.4) is 0 Å². The number of urea groups is 1. The van der Waals surface area contributed by atoms with Crippen molar-refractivity contribution in [2.24, 2.45) is 0 Å². The van der Waals surface area contributed by atoms with Gasteiger partial charge in [-0.15, -0.1) is 0 Å². The molecule has 4 aromatic heterocycles.